The average Bonchev–Trinajstić information content (AvgIpc) is 1.62. The molecule has 8 atom stereocenters. The van der Waals surface area contributed by atoms with E-state index in [1.165, 1.54) is 85.8 Å². The van der Waals surface area contributed by atoms with Crippen LogP contribution in [0.25, 0.3) is 11.6 Å². The highest BCUT2D eigenvalue weighted by atomic mass is 16.5. The Kier molecular flexibility index (Phi) is 16.0. The van der Waals surface area contributed by atoms with Crippen molar-refractivity contribution in [2.45, 2.75) is 121 Å². The van der Waals surface area contributed by atoms with Gasteiger partial charge in [0.15, 0.2) is 0 Å². The van der Waals surface area contributed by atoms with Crippen molar-refractivity contribution < 1.29 is 4.74 Å². The van der Waals surface area contributed by atoms with Gasteiger partial charge in [0, 0.05) is 51.6 Å². The van der Waals surface area contributed by atoms with Gasteiger partial charge in [-0.3, -0.25) is 0 Å². The number of nitrogens with zero attached hydrogens (tertiary/aromatic N) is 2. The van der Waals surface area contributed by atoms with Crippen molar-refractivity contribution in [1.82, 2.24) is 0 Å². The normalized spacial score (nSPS) is 25.4. The van der Waals surface area contributed by atoms with Crippen molar-refractivity contribution >= 4 is 28.7 Å². The molecule has 8 unspecified atom stereocenters. The van der Waals surface area contributed by atoms with Gasteiger partial charge < -0.3 is 14.5 Å². The maximum Gasteiger partial charge on any atom is 0.119 e. The minimum Gasteiger partial charge on any atom is -0.493 e. The van der Waals surface area contributed by atoms with Gasteiger partial charge in [0.25, 0.3) is 0 Å². The molecule has 9 aliphatic rings. The third-order valence-electron chi connectivity index (χ3n) is 20.9. The summed E-state index contributed by atoms with van der Waals surface area (Å²) in [5.74, 6) is 3.59. The van der Waals surface area contributed by atoms with Gasteiger partial charge in [-0.25, -0.2) is 0 Å². The van der Waals surface area contributed by atoms with Gasteiger partial charge in [0.1, 0.15) is 5.75 Å². The third-order valence-corrected chi connectivity index (χ3v) is 20.9. The van der Waals surface area contributed by atoms with E-state index in [1.54, 1.807) is 22.3 Å². The summed E-state index contributed by atoms with van der Waals surface area (Å²) in [5.41, 5.74) is 23.8. The maximum absolute atomic E-state index is 6.68. The van der Waals surface area contributed by atoms with E-state index in [4.69, 9.17) is 4.74 Å². The first kappa shape index (κ1) is 55.7. The minimum atomic E-state index is -0.174. The number of hydrogen-bond acceptors (Lipinski definition) is 3. The molecule has 0 radical (unpaired) electrons. The Balaban J connectivity index is 0.702. The van der Waals surface area contributed by atoms with Gasteiger partial charge in [0.2, 0.25) is 0 Å². The molecule has 0 amide bonds. The Labute approximate surface area is 513 Å². The molecule has 5 aromatic carbocycles. The predicted octanol–water partition coefficient (Wildman–Crippen LogP) is 21.2. The Bertz CT molecular complexity index is 3790. The fraction of sp³-hybridized carbons (Fsp3) is 0.301. The first-order valence-electron chi connectivity index (χ1n) is 32.7. The van der Waals surface area contributed by atoms with Gasteiger partial charge in [-0.15, -0.1) is 6.58 Å². The Hall–Kier alpha value is -8.14. The first-order valence-corrected chi connectivity index (χ1v) is 32.7. The lowest BCUT2D eigenvalue weighted by atomic mass is 9.66. The monoisotopic (exact) mass is 1120 g/mol. The Morgan fingerprint density at radius 3 is 2.36 bits per heavy atom. The zero-order valence-electron chi connectivity index (χ0n) is 50.5. The fourth-order valence-corrected chi connectivity index (χ4v) is 16.2. The van der Waals surface area contributed by atoms with Crippen molar-refractivity contribution in [3.63, 3.8) is 0 Å². The van der Waals surface area contributed by atoms with Crippen LogP contribution in [0.2, 0.25) is 0 Å². The summed E-state index contributed by atoms with van der Waals surface area (Å²) < 4.78 is 6.68. The zero-order valence-corrected chi connectivity index (χ0v) is 50.5. The molecule has 14 rings (SSSR count). The molecule has 0 aromatic heterocycles. The SMILES string of the molecule is C=CC1=CCC(C2=Cc3ccc(OCC(CC)CCCCC4(c5ccccc5)C5=CC(N(C6=CCC(C7=CC8c9cc(C%10=CCC(C=C)C=C%10)ccc9N(c9ccccc9)C8C=C7)CC6)c6ccccc6)=CCC5C5=C4C=CCC5)cc3CC2)C=C1. The third kappa shape index (κ3) is 10.8. The summed E-state index contributed by atoms with van der Waals surface area (Å²) in [6, 6.07) is 48.2. The van der Waals surface area contributed by atoms with Crippen molar-refractivity contribution in [2.24, 2.45) is 29.6 Å². The number of anilines is 3. The number of para-hydroxylation sites is 2. The van der Waals surface area contributed by atoms with Crippen molar-refractivity contribution in [1.29, 1.82) is 0 Å². The summed E-state index contributed by atoms with van der Waals surface area (Å²) >= 11 is 0. The van der Waals surface area contributed by atoms with E-state index in [-0.39, 0.29) is 17.4 Å². The number of hydrogen-bond donors (Lipinski definition) is 0. The second-order valence-electron chi connectivity index (χ2n) is 25.7. The summed E-state index contributed by atoms with van der Waals surface area (Å²) in [5, 5.41) is 0. The summed E-state index contributed by atoms with van der Waals surface area (Å²) in [6.07, 6.45) is 57.4. The van der Waals surface area contributed by atoms with Gasteiger partial charge >= 0.3 is 0 Å². The van der Waals surface area contributed by atoms with Gasteiger partial charge in [-0.2, -0.15) is 0 Å². The van der Waals surface area contributed by atoms with E-state index in [9.17, 15) is 0 Å². The summed E-state index contributed by atoms with van der Waals surface area (Å²) in [4.78, 5) is 5.23. The molecule has 3 nitrogen and oxygen atoms in total. The van der Waals surface area contributed by atoms with E-state index in [0.29, 0.717) is 29.6 Å². The van der Waals surface area contributed by atoms with E-state index in [1.807, 2.05) is 6.08 Å². The molecule has 0 saturated heterocycles. The maximum atomic E-state index is 6.68. The van der Waals surface area contributed by atoms with Gasteiger partial charge in [-0.05, 0) is 205 Å². The van der Waals surface area contributed by atoms with E-state index >= 15 is 0 Å². The highest BCUT2D eigenvalue weighted by molar-refractivity contribution is 5.82. The number of benzene rings is 5. The quantitative estimate of drug-likeness (QED) is 0.0605. The largest absolute Gasteiger partial charge is 0.493 e. The molecule has 432 valence electrons. The highest BCUT2D eigenvalue weighted by Crippen LogP contribution is 2.60. The Morgan fingerprint density at radius 1 is 0.744 bits per heavy atom. The number of ether oxygens (including phenoxy) is 1. The fourth-order valence-electron chi connectivity index (χ4n) is 16.2. The second-order valence-corrected chi connectivity index (χ2v) is 25.7. The standard InChI is InChI=1S/C83H84N2O/c1-4-58-29-33-61(34-30-58)64-37-38-66-53-74(47-41-65(66)52-64)86-57-60(6-3)20-18-19-51-83(69-21-10-7-11-22-69)79-28-17-16-27-75(79)76-48-46-73(56-80(76)83)84(70-23-12-8-13-24-70)72-44-39-63(40-45-72)68-43-50-82-78(55-68)77-54-67(62-35-31-59(5-2)32-36-62)42-49-81(77)85(82)71-25-14-9-15-26-71/h4-5,7-15,17,21-26,28-31,33,35-36,41-44,46-47,49-50,52-56,59-61,63,76,78,82H,1-2,6,16,18-20,27,32,34,37-40,45,48,51,57H2,3H3. The molecule has 1 heterocycles. The summed E-state index contributed by atoms with van der Waals surface area (Å²) in [7, 11) is 0. The van der Waals surface area contributed by atoms with E-state index in [0.717, 1.165) is 95.8 Å². The number of allylic oxidation sites excluding steroid dienone is 22. The molecule has 3 heteroatoms. The average molecular weight is 1130 g/mol. The van der Waals surface area contributed by atoms with Crippen LogP contribution in [-0.4, -0.2) is 12.6 Å². The molecular formula is C83H84N2O. The van der Waals surface area contributed by atoms with Crippen LogP contribution in [0.5, 0.6) is 5.75 Å². The van der Waals surface area contributed by atoms with Crippen LogP contribution in [-0.2, 0) is 11.8 Å². The second kappa shape index (κ2) is 24.7. The van der Waals surface area contributed by atoms with Crippen molar-refractivity contribution in [3.8, 4) is 5.75 Å². The van der Waals surface area contributed by atoms with Crippen LogP contribution < -0.4 is 14.5 Å². The van der Waals surface area contributed by atoms with Crippen molar-refractivity contribution in [3.05, 3.63) is 310 Å². The number of rotatable bonds is 19. The minimum absolute atomic E-state index is 0.174. The number of unbranched alkanes of at least 4 members (excludes halogenated alkanes) is 1. The van der Waals surface area contributed by atoms with Crippen LogP contribution in [0.15, 0.2) is 283 Å². The van der Waals surface area contributed by atoms with Crippen LogP contribution >= 0.6 is 0 Å². The highest BCUT2D eigenvalue weighted by Gasteiger charge is 2.50. The topological polar surface area (TPSA) is 15.7 Å². The molecule has 0 bridgehead atoms. The van der Waals surface area contributed by atoms with Crippen molar-refractivity contribution in [2.75, 3.05) is 16.4 Å². The smallest absolute Gasteiger partial charge is 0.119 e. The molecule has 8 aliphatic carbocycles. The molecule has 0 fully saturated rings. The molecule has 1 aliphatic heterocycles. The lowest BCUT2D eigenvalue weighted by Crippen LogP contribution is -2.32. The van der Waals surface area contributed by atoms with Crippen LogP contribution in [0.3, 0.4) is 0 Å². The number of fused-ring (bicyclic) bond motifs is 6. The molecular weight excluding hydrogens is 1040 g/mol. The van der Waals surface area contributed by atoms with Gasteiger partial charge in [-0.1, -0.05) is 220 Å². The molecule has 0 spiro atoms. The van der Waals surface area contributed by atoms with Crippen LogP contribution in [0.4, 0.5) is 17.1 Å². The first-order chi connectivity index (χ1) is 42.5. The molecule has 0 saturated carbocycles. The number of aryl methyl sites for hydroxylation is 1. The molecule has 86 heavy (non-hydrogen) atoms. The molecule has 5 aromatic rings. The molecule has 0 N–H and O–H groups in total. The zero-order chi connectivity index (χ0) is 58.0. The summed E-state index contributed by atoms with van der Waals surface area (Å²) in [6.45, 7) is 11.1. The Morgan fingerprint density at radius 2 is 1.59 bits per heavy atom. The lowest BCUT2D eigenvalue weighted by molar-refractivity contribution is 0.231. The van der Waals surface area contributed by atoms with Crippen LogP contribution in [0, 0.1) is 29.6 Å². The predicted molar refractivity (Wildman–Crippen MR) is 362 cm³/mol. The lowest BCUT2D eigenvalue weighted by Gasteiger charge is -2.40. The van der Waals surface area contributed by atoms with Gasteiger partial charge in [0.05, 0.1) is 12.6 Å². The van der Waals surface area contributed by atoms with E-state index in [2.05, 4.69) is 254 Å². The van der Waals surface area contributed by atoms with Crippen LogP contribution in [0.1, 0.15) is 131 Å². The van der Waals surface area contributed by atoms with E-state index < -0.39 is 0 Å².